The number of fused-ring (bicyclic) bond motifs is 1. The first-order valence-electron chi connectivity index (χ1n) is 9.52. The zero-order valence-electron chi connectivity index (χ0n) is 16.4. The van der Waals surface area contributed by atoms with Crippen LogP contribution >= 0.6 is 11.6 Å². The standard InChI is InChI=1S/C22H24ClFN2O2/c1-4-14-8-9-16-15(11-21(27)28-20(16)10-14)12-25-13-19(26(2)3)22-17(23)6-5-7-18(22)24/h5-11,19,25H,4,12-13H2,1-3H3/p+2/t19-/m0/s1. The highest BCUT2D eigenvalue weighted by molar-refractivity contribution is 6.31. The maximum atomic E-state index is 14.4. The van der Waals surface area contributed by atoms with E-state index in [2.05, 4.69) is 18.3 Å². The van der Waals surface area contributed by atoms with Crippen molar-refractivity contribution in [2.24, 2.45) is 0 Å². The summed E-state index contributed by atoms with van der Waals surface area (Å²) in [4.78, 5) is 13.1. The fourth-order valence-corrected chi connectivity index (χ4v) is 3.85. The monoisotopic (exact) mass is 404 g/mol. The molecule has 0 aliphatic heterocycles. The number of aryl methyl sites for hydroxylation is 1. The van der Waals surface area contributed by atoms with Gasteiger partial charge in [0.05, 0.1) is 24.7 Å². The molecule has 28 heavy (non-hydrogen) atoms. The minimum Gasteiger partial charge on any atom is -0.423 e. The molecule has 1 heterocycles. The molecule has 2 aromatic carbocycles. The Morgan fingerprint density at radius 2 is 2.00 bits per heavy atom. The molecular weight excluding hydrogens is 379 g/mol. The Bertz CT molecular complexity index is 1010. The van der Waals surface area contributed by atoms with Gasteiger partial charge in [-0.2, -0.15) is 0 Å². The van der Waals surface area contributed by atoms with Gasteiger partial charge in [0, 0.05) is 17.0 Å². The normalized spacial score (nSPS) is 12.6. The predicted molar refractivity (Wildman–Crippen MR) is 109 cm³/mol. The molecule has 1 atom stereocenters. The smallest absolute Gasteiger partial charge is 0.336 e. The van der Waals surface area contributed by atoms with Crippen LogP contribution in [0.5, 0.6) is 0 Å². The third-order valence-corrected chi connectivity index (χ3v) is 5.44. The van der Waals surface area contributed by atoms with E-state index in [1.165, 1.54) is 12.1 Å². The molecule has 3 rings (SSSR count). The van der Waals surface area contributed by atoms with E-state index in [0.717, 1.165) is 27.8 Å². The average Bonchev–Trinajstić information content (AvgIpc) is 2.65. The number of benzene rings is 2. The predicted octanol–water partition coefficient (Wildman–Crippen LogP) is 2.10. The molecule has 0 radical (unpaired) electrons. The second kappa shape index (κ2) is 8.86. The number of rotatable bonds is 7. The van der Waals surface area contributed by atoms with Crippen LogP contribution in [0.25, 0.3) is 11.0 Å². The van der Waals surface area contributed by atoms with E-state index in [4.69, 9.17) is 16.0 Å². The van der Waals surface area contributed by atoms with Crippen molar-refractivity contribution in [2.75, 3.05) is 20.6 Å². The molecule has 4 nitrogen and oxygen atoms in total. The third-order valence-electron chi connectivity index (χ3n) is 5.11. The zero-order valence-corrected chi connectivity index (χ0v) is 17.1. The molecule has 0 saturated carbocycles. The van der Waals surface area contributed by atoms with Crippen LogP contribution in [-0.2, 0) is 13.0 Å². The molecule has 3 aromatic rings. The van der Waals surface area contributed by atoms with Gasteiger partial charge in [-0.05, 0) is 30.2 Å². The minimum absolute atomic E-state index is 0.105. The van der Waals surface area contributed by atoms with Crippen molar-refractivity contribution in [3.05, 3.63) is 80.4 Å². The molecule has 0 aliphatic rings. The van der Waals surface area contributed by atoms with Crippen LogP contribution in [0.2, 0.25) is 5.02 Å². The summed E-state index contributed by atoms with van der Waals surface area (Å²) in [5.41, 5.74) is 2.84. The molecule has 0 bridgehead atoms. The molecule has 0 aliphatic carbocycles. The second-order valence-corrected chi connectivity index (χ2v) is 7.68. The molecule has 148 valence electrons. The highest BCUT2D eigenvalue weighted by Gasteiger charge is 2.26. The van der Waals surface area contributed by atoms with Crippen LogP contribution < -0.4 is 15.8 Å². The largest absolute Gasteiger partial charge is 0.423 e. The molecule has 0 saturated heterocycles. The Labute approximate surface area is 168 Å². The first-order chi connectivity index (χ1) is 13.4. The Morgan fingerprint density at radius 1 is 1.21 bits per heavy atom. The van der Waals surface area contributed by atoms with Gasteiger partial charge in [-0.25, -0.2) is 9.18 Å². The number of likely N-dealkylation sites (N-methyl/N-ethyl adjacent to an activating group) is 1. The summed E-state index contributed by atoms with van der Waals surface area (Å²) >= 11 is 6.27. The van der Waals surface area contributed by atoms with Gasteiger partial charge in [0.25, 0.3) is 0 Å². The van der Waals surface area contributed by atoms with Gasteiger partial charge in [0.15, 0.2) is 6.04 Å². The molecule has 0 amide bonds. The summed E-state index contributed by atoms with van der Waals surface area (Å²) in [6.45, 7) is 3.30. The Hall–Kier alpha value is -2.21. The summed E-state index contributed by atoms with van der Waals surface area (Å²) in [6.07, 6.45) is 0.882. The van der Waals surface area contributed by atoms with Gasteiger partial charge in [-0.3, -0.25) is 0 Å². The number of halogens is 2. The second-order valence-electron chi connectivity index (χ2n) is 7.27. The maximum Gasteiger partial charge on any atom is 0.336 e. The van der Waals surface area contributed by atoms with Crippen LogP contribution in [0.15, 0.2) is 51.7 Å². The summed E-state index contributed by atoms with van der Waals surface area (Å²) in [7, 11) is 3.97. The van der Waals surface area contributed by atoms with Crippen molar-refractivity contribution in [2.45, 2.75) is 25.9 Å². The van der Waals surface area contributed by atoms with Crippen LogP contribution in [0.1, 0.15) is 29.7 Å². The fourth-order valence-electron chi connectivity index (χ4n) is 3.55. The molecule has 3 N–H and O–H groups in total. The first-order valence-corrected chi connectivity index (χ1v) is 9.89. The van der Waals surface area contributed by atoms with Crippen LogP contribution in [0, 0.1) is 5.82 Å². The highest BCUT2D eigenvalue weighted by atomic mass is 35.5. The number of quaternary nitrogens is 2. The van der Waals surface area contributed by atoms with E-state index >= 15 is 0 Å². The lowest BCUT2D eigenvalue weighted by Gasteiger charge is -2.22. The highest BCUT2D eigenvalue weighted by Crippen LogP contribution is 2.23. The lowest BCUT2D eigenvalue weighted by atomic mass is 10.0. The Morgan fingerprint density at radius 3 is 2.68 bits per heavy atom. The first kappa shape index (κ1) is 20.5. The zero-order chi connectivity index (χ0) is 20.3. The fraction of sp³-hybridized carbons (Fsp3) is 0.318. The molecule has 0 unspecified atom stereocenters. The maximum absolute atomic E-state index is 14.4. The summed E-state index contributed by atoms with van der Waals surface area (Å²) in [6, 6.07) is 12.2. The molecular formula is C22H26ClFN2O2+2. The molecule has 0 spiro atoms. The SMILES string of the molecule is CCc1ccc2c(C[NH2+]C[C@@H](c3c(F)cccc3Cl)[NH+](C)C)cc(=O)oc2c1. The summed E-state index contributed by atoms with van der Waals surface area (Å²) < 4.78 is 19.7. The van der Waals surface area contributed by atoms with Crippen molar-refractivity contribution < 1.29 is 19.0 Å². The number of nitrogens with two attached hydrogens (primary N) is 1. The minimum atomic E-state index is -0.351. The van der Waals surface area contributed by atoms with E-state index in [0.29, 0.717) is 29.3 Å². The number of nitrogens with one attached hydrogen (secondary N) is 1. The van der Waals surface area contributed by atoms with Gasteiger partial charge in [0.2, 0.25) is 0 Å². The molecule has 1 aromatic heterocycles. The quantitative estimate of drug-likeness (QED) is 0.592. The summed E-state index contributed by atoms with van der Waals surface area (Å²) in [5.74, 6) is -0.287. The van der Waals surface area contributed by atoms with Crippen molar-refractivity contribution >= 4 is 22.6 Å². The van der Waals surface area contributed by atoms with Crippen molar-refractivity contribution in [1.82, 2.24) is 0 Å². The van der Waals surface area contributed by atoms with Gasteiger partial charge in [-0.1, -0.05) is 36.7 Å². The van der Waals surface area contributed by atoms with E-state index in [-0.39, 0.29) is 17.5 Å². The van der Waals surface area contributed by atoms with E-state index in [1.807, 2.05) is 26.2 Å². The van der Waals surface area contributed by atoms with E-state index in [1.54, 1.807) is 12.1 Å². The molecule has 0 fully saturated rings. The van der Waals surface area contributed by atoms with Crippen molar-refractivity contribution in [3.63, 3.8) is 0 Å². The Kier molecular flexibility index (Phi) is 6.50. The van der Waals surface area contributed by atoms with E-state index in [9.17, 15) is 9.18 Å². The molecule has 6 heteroatoms. The topological polar surface area (TPSA) is 51.3 Å². The average molecular weight is 405 g/mol. The number of hydrogen-bond donors (Lipinski definition) is 2. The van der Waals surface area contributed by atoms with Crippen molar-refractivity contribution in [1.29, 1.82) is 0 Å². The van der Waals surface area contributed by atoms with E-state index < -0.39 is 0 Å². The summed E-state index contributed by atoms with van der Waals surface area (Å²) in [5, 5.41) is 3.46. The Balaban J connectivity index is 1.82. The van der Waals surface area contributed by atoms with Crippen LogP contribution in [-0.4, -0.2) is 20.6 Å². The van der Waals surface area contributed by atoms with Gasteiger partial charge < -0.3 is 14.6 Å². The van der Waals surface area contributed by atoms with Crippen LogP contribution in [0.4, 0.5) is 4.39 Å². The van der Waals surface area contributed by atoms with Gasteiger partial charge in [0.1, 0.15) is 24.5 Å². The number of hydrogen-bond acceptors (Lipinski definition) is 2. The third kappa shape index (κ3) is 4.43. The van der Waals surface area contributed by atoms with Gasteiger partial charge in [-0.15, -0.1) is 0 Å². The van der Waals surface area contributed by atoms with Gasteiger partial charge >= 0.3 is 5.63 Å². The lowest BCUT2D eigenvalue weighted by Crippen LogP contribution is -3.09. The van der Waals surface area contributed by atoms with Crippen molar-refractivity contribution in [3.8, 4) is 0 Å². The lowest BCUT2D eigenvalue weighted by molar-refractivity contribution is -0.910. The van der Waals surface area contributed by atoms with Crippen LogP contribution in [0.3, 0.4) is 0 Å².